The summed E-state index contributed by atoms with van der Waals surface area (Å²) in [5, 5.41) is 4.69. The van der Waals surface area contributed by atoms with Crippen LogP contribution >= 0.6 is 11.3 Å². The van der Waals surface area contributed by atoms with Crippen molar-refractivity contribution in [3.05, 3.63) is 34.1 Å². The van der Waals surface area contributed by atoms with Crippen molar-refractivity contribution in [2.45, 2.75) is 40.5 Å². The summed E-state index contributed by atoms with van der Waals surface area (Å²) in [6, 6.07) is 0. The first-order valence-electron chi connectivity index (χ1n) is 9.01. The largest absolute Gasteiger partial charge is 0.462 e. The lowest BCUT2D eigenvalue weighted by Crippen LogP contribution is -2.30. The summed E-state index contributed by atoms with van der Waals surface area (Å²) < 4.78 is 6.83. The summed E-state index contributed by atoms with van der Waals surface area (Å²) in [4.78, 5) is 31.4. The number of aromatic nitrogens is 3. The molecule has 0 saturated heterocycles. The van der Waals surface area contributed by atoms with E-state index in [9.17, 15) is 9.59 Å². The first-order chi connectivity index (χ1) is 12.9. The van der Waals surface area contributed by atoms with Crippen LogP contribution in [0.3, 0.4) is 0 Å². The summed E-state index contributed by atoms with van der Waals surface area (Å²) >= 11 is 1.19. The van der Waals surface area contributed by atoms with Gasteiger partial charge in [-0.1, -0.05) is 24.7 Å². The summed E-state index contributed by atoms with van der Waals surface area (Å²) in [7, 11) is 1.86. The van der Waals surface area contributed by atoms with Gasteiger partial charge in [0.2, 0.25) is 0 Å². The van der Waals surface area contributed by atoms with Crippen molar-refractivity contribution in [1.82, 2.24) is 14.8 Å². The molecule has 0 atom stereocenters. The van der Waals surface area contributed by atoms with Crippen LogP contribution in [0.25, 0.3) is 6.08 Å². The van der Waals surface area contributed by atoms with Crippen molar-refractivity contribution in [2.75, 3.05) is 18.1 Å². The predicted molar refractivity (Wildman–Crippen MR) is 107 cm³/mol. The van der Waals surface area contributed by atoms with Gasteiger partial charge in [-0.05, 0) is 33.3 Å². The summed E-state index contributed by atoms with van der Waals surface area (Å²) in [6.45, 7) is 8.37. The molecule has 0 bridgehead atoms. The maximum Gasteiger partial charge on any atom is 0.350 e. The number of rotatable bonds is 8. The van der Waals surface area contributed by atoms with Gasteiger partial charge in [-0.2, -0.15) is 5.10 Å². The molecular weight excluding hydrogens is 364 g/mol. The van der Waals surface area contributed by atoms with E-state index in [0.717, 1.165) is 24.1 Å². The molecule has 0 spiro atoms. The number of unbranched alkanes of at least 4 members (excludes halogenated alkanes) is 1. The lowest BCUT2D eigenvalue weighted by Gasteiger charge is -2.17. The Kier molecular flexibility index (Phi) is 7.29. The number of esters is 1. The molecule has 8 heteroatoms. The molecule has 2 rings (SSSR count). The second-order valence-corrected chi connectivity index (χ2v) is 7.09. The third-order valence-corrected chi connectivity index (χ3v) is 5.32. The Morgan fingerprint density at radius 3 is 2.67 bits per heavy atom. The minimum absolute atomic E-state index is 0.170. The Morgan fingerprint density at radius 2 is 2.07 bits per heavy atom. The highest BCUT2D eigenvalue weighted by molar-refractivity contribution is 7.17. The molecule has 0 N–H and O–H groups in total. The second-order valence-electron chi connectivity index (χ2n) is 6.12. The Morgan fingerprint density at radius 1 is 1.33 bits per heavy atom. The fourth-order valence-corrected chi connectivity index (χ4v) is 3.42. The van der Waals surface area contributed by atoms with Gasteiger partial charge in [-0.15, -0.1) is 0 Å². The lowest BCUT2D eigenvalue weighted by molar-refractivity contribution is -0.114. The van der Waals surface area contributed by atoms with Gasteiger partial charge in [0.15, 0.2) is 5.13 Å². The van der Waals surface area contributed by atoms with Crippen LogP contribution in [-0.4, -0.2) is 39.8 Å². The van der Waals surface area contributed by atoms with Crippen LogP contribution in [0, 0.1) is 13.8 Å². The van der Waals surface area contributed by atoms with Crippen molar-refractivity contribution >= 4 is 34.4 Å². The summed E-state index contributed by atoms with van der Waals surface area (Å²) in [6.07, 6.45) is 6.81. The molecule has 2 heterocycles. The number of thiazole rings is 1. The number of hydrogen-bond donors (Lipinski definition) is 0. The fourth-order valence-electron chi connectivity index (χ4n) is 2.43. The van der Waals surface area contributed by atoms with E-state index in [1.807, 2.05) is 14.0 Å². The zero-order valence-electron chi connectivity index (χ0n) is 16.5. The predicted octanol–water partition coefficient (Wildman–Crippen LogP) is 3.52. The summed E-state index contributed by atoms with van der Waals surface area (Å²) in [5.74, 6) is -0.570. The van der Waals surface area contributed by atoms with Crippen LogP contribution in [0.15, 0.2) is 12.3 Å². The number of anilines is 1. The average molecular weight is 391 g/mol. The maximum atomic E-state index is 12.8. The monoisotopic (exact) mass is 390 g/mol. The van der Waals surface area contributed by atoms with Crippen molar-refractivity contribution in [3.63, 3.8) is 0 Å². The van der Waals surface area contributed by atoms with E-state index in [-0.39, 0.29) is 5.91 Å². The van der Waals surface area contributed by atoms with Gasteiger partial charge in [0.25, 0.3) is 5.91 Å². The highest BCUT2D eigenvalue weighted by Gasteiger charge is 2.22. The zero-order chi connectivity index (χ0) is 20.0. The van der Waals surface area contributed by atoms with Crippen molar-refractivity contribution < 1.29 is 14.3 Å². The van der Waals surface area contributed by atoms with Gasteiger partial charge in [-0.3, -0.25) is 14.4 Å². The first-order valence-corrected chi connectivity index (χ1v) is 9.83. The minimum atomic E-state index is -0.400. The number of amides is 1. The Bertz CT molecular complexity index is 838. The van der Waals surface area contributed by atoms with Crippen LogP contribution in [0.1, 0.15) is 53.3 Å². The molecule has 2 aromatic heterocycles. The average Bonchev–Trinajstić information content (AvgIpc) is 3.17. The topological polar surface area (TPSA) is 77.3 Å². The van der Waals surface area contributed by atoms with Gasteiger partial charge in [0, 0.05) is 30.9 Å². The van der Waals surface area contributed by atoms with Crippen LogP contribution in [0.2, 0.25) is 0 Å². The van der Waals surface area contributed by atoms with Gasteiger partial charge in [0.05, 0.1) is 18.5 Å². The van der Waals surface area contributed by atoms with Crippen LogP contribution in [0.5, 0.6) is 0 Å². The van der Waals surface area contributed by atoms with E-state index in [1.54, 1.807) is 35.7 Å². The number of ether oxygens (including phenoxy) is 1. The van der Waals surface area contributed by atoms with E-state index in [1.165, 1.54) is 17.4 Å². The van der Waals surface area contributed by atoms with Gasteiger partial charge < -0.3 is 4.74 Å². The van der Waals surface area contributed by atoms with E-state index in [0.29, 0.717) is 28.9 Å². The number of carbonyl (C=O) groups is 2. The number of nitrogens with zero attached hydrogens (tertiary/aromatic N) is 4. The summed E-state index contributed by atoms with van der Waals surface area (Å²) in [5.41, 5.74) is 2.45. The molecule has 2 aromatic rings. The number of aryl methyl sites for hydroxylation is 2. The third-order valence-electron chi connectivity index (χ3n) is 4.16. The highest BCUT2D eigenvalue weighted by atomic mass is 32.1. The normalized spacial score (nSPS) is 11.1. The van der Waals surface area contributed by atoms with Crippen molar-refractivity contribution in [3.8, 4) is 0 Å². The smallest absolute Gasteiger partial charge is 0.350 e. The fraction of sp³-hybridized carbons (Fsp3) is 0.474. The van der Waals surface area contributed by atoms with Crippen LogP contribution in [0.4, 0.5) is 5.13 Å². The molecule has 7 nitrogen and oxygen atoms in total. The molecular formula is C19H26N4O3S. The van der Waals surface area contributed by atoms with Crippen LogP contribution < -0.4 is 4.90 Å². The number of carbonyl (C=O) groups excluding carboxylic acids is 2. The standard InChI is InChI=1S/C19H26N4O3S/c1-6-8-11-23(16(24)10-9-15-12-20-22(5)14(15)4)19-21-13(3)17(27-19)18(25)26-7-2/h9-10,12H,6-8,11H2,1-5H3/b10-9+. The molecule has 0 unspecified atom stereocenters. The quantitative estimate of drug-likeness (QED) is 0.509. The second kappa shape index (κ2) is 9.45. The molecule has 146 valence electrons. The number of hydrogen-bond acceptors (Lipinski definition) is 6. The van der Waals surface area contributed by atoms with Gasteiger partial charge in [0.1, 0.15) is 4.88 Å². The van der Waals surface area contributed by atoms with Crippen molar-refractivity contribution in [1.29, 1.82) is 0 Å². The zero-order valence-corrected chi connectivity index (χ0v) is 17.3. The van der Waals surface area contributed by atoms with Crippen molar-refractivity contribution in [2.24, 2.45) is 7.05 Å². The Balaban J connectivity index is 2.26. The molecule has 0 aliphatic heterocycles. The SMILES string of the molecule is CCCCN(C(=O)/C=C/c1cnn(C)c1C)c1nc(C)c(C(=O)OCC)s1. The van der Waals surface area contributed by atoms with Gasteiger partial charge in [-0.25, -0.2) is 9.78 Å². The maximum absolute atomic E-state index is 12.8. The molecule has 0 aliphatic carbocycles. The molecule has 0 fully saturated rings. The van der Waals surface area contributed by atoms with E-state index < -0.39 is 5.97 Å². The molecule has 0 aliphatic rings. The van der Waals surface area contributed by atoms with Crippen LogP contribution in [-0.2, 0) is 16.6 Å². The Labute approximate surface area is 163 Å². The Hall–Kier alpha value is -2.48. The van der Waals surface area contributed by atoms with E-state index in [4.69, 9.17) is 4.74 Å². The third kappa shape index (κ3) is 5.03. The van der Waals surface area contributed by atoms with E-state index >= 15 is 0 Å². The molecule has 27 heavy (non-hydrogen) atoms. The highest BCUT2D eigenvalue weighted by Crippen LogP contribution is 2.27. The molecule has 0 saturated carbocycles. The molecule has 0 aromatic carbocycles. The first kappa shape index (κ1) is 20.8. The van der Waals surface area contributed by atoms with E-state index in [2.05, 4.69) is 17.0 Å². The van der Waals surface area contributed by atoms with Gasteiger partial charge >= 0.3 is 5.97 Å². The lowest BCUT2D eigenvalue weighted by atomic mass is 10.2. The molecule has 0 radical (unpaired) electrons. The molecule has 1 amide bonds. The minimum Gasteiger partial charge on any atom is -0.462 e.